The van der Waals surface area contributed by atoms with Gasteiger partial charge in [0.25, 0.3) is 0 Å². The maximum Gasteiger partial charge on any atom is 0.417 e. The number of hydrogen-bond acceptors (Lipinski definition) is 1. The summed E-state index contributed by atoms with van der Waals surface area (Å²) in [6.45, 7) is 1.63. The van der Waals surface area contributed by atoms with E-state index in [1.54, 1.807) is 6.92 Å². The first-order valence-corrected chi connectivity index (χ1v) is 6.08. The van der Waals surface area contributed by atoms with Crippen LogP contribution in [0.15, 0.2) is 18.3 Å². The van der Waals surface area contributed by atoms with Crippen molar-refractivity contribution in [3.8, 4) is 0 Å². The number of halogens is 5. The van der Waals surface area contributed by atoms with Crippen LogP contribution in [0.1, 0.15) is 11.1 Å². The second kappa shape index (κ2) is 4.28. The third kappa shape index (κ3) is 2.22. The van der Waals surface area contributed by atoms with Crippen molar-refractivity contribution in [3.05, 3.63) is 38.0 Å². The Kier molecular flexibility index (Phi) is 3.24. The van der Waals surface area contributed by atoms with Gasteiger partial charge in [-0.2, -0.15) is 13.2 Å². The van der Waals surface area contributed by atoms with E-state index in [0.29, 0.717) is 9.13 Å². The molecular formula is C11H6ClF3IN. The smallest absolute Gasteiger partial charge is 0.255 e. The number of fused-ring (bicyclic) bond motifs is 1. The van der Waals surface area contributed by atoms with Gasteiger partial charge >= 0.3 is 6.18 Å². The van der Waals surface area contributed by atoms with Crippen molar-refractivity contribution in [1.29, 1.82) is 0 Å². The summed E-state index contributed by atoms with van der Waals surface area (Å²) in [4.78, 5) is 4.02. The van der Waals surface area contributed by atoms with Crippen LogP contribution in [0.3, 0.4) is 0 Å². The molecule has 2 rings (SSSR count). The normalized spacial score (nSPS) is 12.1. The SMILES string of the molecule is Cc1cnc2c(I)ccc(C(F)(F)F)c2c1Cl. The molecule has 17 heavy (non-hydrogen) atoms. The Morgan fingerprint density at radius 3 is 2.53 bits per heavy atom. The van der Waals surface area contributed by atoms with Crippen LogP contribution < -0.4 is 0 Å². The van der Waals surface area contributed by atoms with Gasteiger partial charge in [-0.25, -0.2) is 0 Å². The van der Waals surface area contributed by atoms with Crippen LogP contribution in [-0.4, -0.2) is 4.98 Å². The average Bonchev–Trinajstić information content (AvgIpc) is 2.22. The van der Waals surface area contributed by atoms with E-state index in [9.17, 15) is 13.2 Å². The largest absolute Gasteiger partial charge is 0.417 e. The summed E-state index contributed by atoms with van der Waals surface area (Å²) < 4.78 is 39.3. The summed E-state index contributed by atoms with van der Waals surface area (Å²) in [5.41, 5.74) is 0.0804. The van der Waals surface area contributed by atoms with Crippen molar-refractivity contribution < 1.29 is 13.2 Å². The zero-order chi connectivity index (χ0) is 12.8. The maximum atomic E-state index is 12.9. The predicted octanol–water partition coefficient (Wildman–Crippen LogP) is 4.82. The Hall–Kier alpha value is -0.560. The first-order chi connectivity index (χ1) is 7.82. The summed E-state index contributed by atoms with van der Waals surface area (Å²) in [7, 11) is 0. The Morgan fingerprint density at radius 2 is 1.94 bits per heavy atom. The Labute approximate surface area is 114 Å². The van der Waals surface area contributed by atoms with Crippen LogP contribution in [0.2, 0.25) is 5.02 Å². The van der Waals surface area contributed by atoms with Crippen LogP contribution in [0.5, 0.6) is 0 Å². The molecule has 2 aromatic rings. The lowest BCUT2D eigenvalue weighted by atomic mass is 10.1. The summed E-state index contributed by atoms with van der Waals surface area (Å²) in [5.74, 6) is 0. The van der Waals surface area contributed by atoms with E-state index < -0.39 is 11.7 Å². The first-order valence-electron chi connectivity index (χ1n) is 4.63. The molecule has 0 spiro atoms. The van der Waals surface area contributed by atoms with E-state index in [4.69, 9.17) is 11.6 Å². The minimum atomic E-state index is -4.43. The molecule has 0 unspecified atom stereocenters. The average molecular weight is 372 g/mol. The molecule has 0 aliphatic rings. The van der Waals surface area contributed by atoms with Crippen LogP contribution in [-0.2, 0) is 6.18 Å². The van der Waals surface area contributed by atoms with Gasteiger partial charge in [-0.1, -0.05) is 11.6 Å². The number of benzene rings is 1. The molecule has 0 saturated carbocycles. The third-order valence-corrected chi connectivity index (χ3v) is 3.74. The molecule has 0 amide bonds. The van der Waals surface area contributed by atoms with Gasteiger partial charge < -0.3 is 0 Å². The van der Waals surface area contributed by atoms with Gasteiger partial charge in [0.15, 0.2) is 0 Å². The molecule has 6 heteroatoms. The van der Waals surface area contributed by atoms with Gasteiger partial charge in [-0.15, -0.1) is 0 Å². The highest BCUT2D eigenvalue weighted by Gasteiger charge is 2.34. The molecule has 0 atom stereocenters. The fraction of sp³-hybridized carbons (Fsp3) is 0.182. The van der Waals surface area contributed by atoms with Crippen molar-refractivity contribution in [2.75, 3.05) is 0 Å². The summed E-state index contributed by atoms with van der Waals surface area (Å²) >= 11 is 7.91. The van der Waals surface area contributed by atoms with Crippen molar-refractivity contribution in [3.63, 3.8) is 0 Å². The quantitative estimate of drug-likeness (QED) is 0.605. The molecule has 0 bridgehead atoms. The lowest BCUT2D eigenvalue weighted by Crippen LogP contribution is -2.07. The van der Waals surface area contributed by atoms with Crippen LogP contribution in [0.4, 0.5) is 13.2 Å². The van der Waals surface area contributed by atoms with Crippen molar-refractivity contribution >= 4 is 45.1 Å². The highest BCUT2D eigenvalue weighted by molar-refractivity contribution is 14.1. The Balaban J connectivity index is 2.97. The molecule has 90 valence electrons. The molecule has 0 saturated heterocycles. The van der Waals surface area contributed by atoms with Gasteiger partial charge in [0.2, 0.25) is 0 Å². The van der Waals surface area contributed by atoms with Gasteiger partial charge in [-0.05, 0) is 47.2 Å². The highest BCUT2D eigenvalue weighted by Crippen LogP contribution is 2.39. The first kappa shape index (κ1) is 12.9. The summed E-state index contributed by atoms with van der Waals surface area (Å²) in [6.07, 6.45) is -2.95. The molecule has 0 radical (unpaired) electrons. The van der Waals surface area contributed by atoms with Gasteiger partial charge in [0.05, 0.1) is 16.1 Å². The molecular weight excluding hydrogens is 365 g/mol. The molecule has 0 aliphatic carbocycles. The highest BCUT2D eigenvalue weighted by atomic mass is 127. The monoisotopic (exact) mass is 371 g/mol. The second-order valence-electron chi connectivity index (χ2n) is 3.57. The Morgan fingerprint density at radius 1 is 1.29 bits per heavy atom. The minimum Gasteiger partial charge on any atom is -0.255 e. The number of nitrogens with zero attached hydrogens (tertiary/aromatic N) is 1. The molecule has 0 aliphatic heterocycles. The summed E-state index contributed by atoms with van der Waals surface area (Å²) in [6, 6.07) is 2.43. The van der Waals surface area contributed by atoms with E-state index in [0.717, 1.165) is 6.07 Å². The van der Waals surface area contributed by atoms with E-state index in [-0.39, 0.29) is 15.9 Å². The number of rotatable bonds is 0. The number of hydrogen-bond donors (Lipinski definition) is 0. The number of aromatic nitrogens is 1. The van der Waals surface area contributed by atoms with E-state index in [1.807, 2.05) is 22.6 Å². The van der Waals surface area contributed by atoms with Gasteiger partial charge in [0.1, 0.15) is 0 Å². The fourth-order valence-electron chi connectivity index (χ4n) is 1.57. The molecule has 1 heterocycles. The maximum absolute atomic E-state index is 12.9. The molecule has 1 aromatic carbocycles. The standard InChI is InChI=1S/C11H6ClF3IN/c1-5-4-17-10-7(16)3-2-6(11(13,14)15)8(10)9(5)12/h2-4H,1H3. The minimum absolute atomic E-state index is 0.0222. The predicted molar refractivity (Wildman–Crippen MR) is 69.2 cm³/mol. The van der Waals surface area contributed by atoms with Crippen molar-refractivity contribution in [1.82, 2.24) is 4.98 Å². The van der Waals surface area contributed by atoms with Crippen molar-refractivity contribution in [2.45, 2.75) is 13.1 Å². The van der Waals surface area contributed by atoms with E-state index in [1.165, 1.54) is 12.3 Å². The number of alkyl halides is 3. The van der Waals surface area contributed by atoms with Crippen LogP contribution in [0, 0.1) is 10.5 Å². The Bertz CT molecular complexity index is 595. The van der Waals surface area contributed by atoms with Crippen molar-refractivity contribution in [2.24, 2.45) is 0 Å². The topological polar surface area (TPSA) is 12.9 Å². The second-order valence-corrected chi connectivity index (χ2v) is 5.11. The molecule has 1 aromatic heterocycles. The zero-order valence-corrected chi connectivity index (χ0v) is 11.5. The molecule has 0 N–H and O–H groups in total. The molecule has 0 fully saturated rings. The van der Waals surface area contributed by atoms with Crippen LogP contribution >= 0.6 is 34.2 Å². The van der Waals surface area contributed by atoms with Crippen LogP contribution in [0.25, 0.3) is 10.9 Å². The third-order valence-electron chi connectivity index (χ3n) is 2.39. The van der Waals surface area contributed by atoms with E-state index >= 15 is 0 Å². The fourth-order valence-corrected chi connectivity index (χ4v) is 2.39. The van der Waals surface area contributed by atoms with E-state index in [2.05, 4.69) is 4.98 Å². The zero-order valence-electron chi connectivity index (χ0n) is 8.57. The molecule has 1 nitrogen and oxygen atoms in total. The lowest BCUT2D eigenvalue weighted by Gasteiger charge is -2.13. The van der Waals surface area contributed by atoms with Gasteiger partial charge in [0, 0.05) is 15.2 Å². The number of aryl methyl sites for hydroxylation is 1. The van der Waals surface area contributed by atoms with Gasteiger partial charge in [-0.3, -0.25) is 4.98 Å². The lowest BCUT2D eigenvalue weighted by molar-refractivity contribution is -0.136. The summed E-state index contributed by atoms with van der Waals surface area (Å²) in [5, 5.41) is 0.0897. The number of pyridine rings is 1.